The zero-order chi connectivity index (χ0) is 17.5. The first-order chi connectivity index (χ1) is 11.1. The van der Waals surface area contributed by atoms with E-state index in [-0.39, 0.29) is 11.2 Å². The largest absolute Gasteiger partial charge is 0.573 e. The van der Waals surface area contributed by atoms with Gasteiger partial charge in [0.05, 0.1) is 0 Å². The fraction of sp³-hybridized carbons (Fsp3) is 0.263. The highest BCUT2D eigenvalue weighted by atomic mass is 19.4. The Hall–Kier alpha value is -2.43. The van der Waals surface area contributed by atoms with Crippen LogP contribution < -0.4 is 4.74 Å². The number of H-pyrrole nitrogens is 1. The minimum atomic E-state index is -4.67. The Balaban J connectivity index is 1.92. The summed E-state index contributed by atoms with van der Waals surface area (Å²) in [5, 5.41) is 1.08. The Morgan fingerprint density at radius 2 is 1.54 bits per heavy atom. The summed E-state index contributed by atoms with van der Waals surface area (Å²) in [5.41, 5.74) is 3.94. The summed E-state index contributed by atoms with van der Waals surface area (Å²) in [5.74, 6) is -0.225. The molecule has 0 atom stereocenters. The quantitative estimate of drug-likeness (QED) is 0.608. The number of benzene rings is 2. The molecule has 0 saturated heterocycles. The maximum absolute atomic E-state index is 12.2. The van der Waals surface area contributed by atoms with Crippen LogP contribution in [-0.4, -0.2) is 11.3 Å². The molecule has 0 unspecified atom stereocenters. The van der Waals surface area contributed by atoms with Crippen molar-refractivity contribution in [2.45, 2.75) is 32.5 Å². The van der Waals surface area contributed by atoms with Gasteiger partial charge in [-0.2, -0.15) is 0 Å². The molecule has 0 aliphatic carbocycles. The molecule has 0 aliphatic rings. The highest BCUT2D eigenvalue weighted by molar-refractivity contribution is 5.86. The van der Waals surface area contributed by atoms with E-state index in [9.17, 15) is 13.2 Å². The Morgan fingerprint density at radius 3 is 2.12 bits per heavy atom. The maximum atomic E-state index is 12.2. The van der Waals surface area contributed by atoms with Crippen molar-refractivity contribution in [3.8, 4) is 17.0 Å². The van der Waals surface area contributed by atoms with Crippen molar-refractivity contribution in [2.24, 2.45) is 0 Å². The maximum Gasteiger partial charge on any atom is 0.573 e. The Kier molecular flexibility index (Phi) is 3.82. The van der Waals surface area contributed by atoms with Crippen molar-refractivity contribution in [2.75, 3.05) is 0 Å². The molecule has 0 saturated carbocycles. The van der Waals surface area contributed by atoms with E-state index in [1.54, 1.807) is 12.1 Å². The number of rotatable bonds is 2. The van der Waals surface area contributed by atoms with Crippen LogP contribution in [0.1, 0.15) is 26.3 Å². The average molecular weight is 333 g/mol. The van der Waals surface area contributed by atoms with Gasteiger partial charge in [0.15, 0.2) is 0 Å². The van der Waals surface area contributed by atoms with Crippen LogP contribution in [0.15, 0.2) is 48.5 Å². The van der Waals surface area contributed by atoms with Gasteiger partial charge in [0.2, 0.25) is 0 Å². The normalized spacial score (nSPS) is 12.6. The Morgan fingerprint density at radius 1 is 0.875 bits per heavy atom. The minimum Gasteiger partial charge on any atom is -0.406 e. The summed E-state index contributed by atoms with van der Waals surface area (Å²) in [6.45, 7) is 6.46. The summed E-state index contributed by atoms with van der Waals surface area (Å²) < 4.78 is 40.5. The second-order valence-electron chi connectivity index (χ2n) is 6.81. The first kappa shape index (κ1) is 16.4. The van der Waals surface area contributed by atoms with Gasteiger partial charge in [0, 0.05) is 16.6 Å². The SMILES string of the molecule is CC(C)(C)c1ccc2[nH]c(-c3ccc(OC(F)(F)F)cc3)cc2c1. The number of halogens is 3. The molecule has 1 aromatic heterocycles. The standard InChI is InChI=1S/C19H18F3NO/c1-18(2,3)14-6-9-16-13(10-14)11-17(23-16)12-4-7-15(8-5-12)24-19(20,21)22/h4-11,23H,1-3H3. The zero-order valence-electron chi connectivity index (χ0n) is 13.7. The van der Waals surface area contributed by atoms with E-state index in [1.165, 1.54) is 17.7 Å². The van der Waals surface area contributed by atoms with Gasteiger partial charge >= 0.3 is 6.36 Å². The molecular weight excluding hydrogens is 315 g/mol. The van der Waals surface area contributed by atoms with E-state index in [0.717, 1.165) is 22.2 Å². The molecule has 0 fully saturated rings. The highest BCUT2D eigenvalue weighted by Crippen LogP contribution is 2.30. The van der Waals surface area contributed by atoms with Crippen molar-refractivity contribution >= 4 is 10.9 Å². The minimum absolute atomic E-state index is 0.0577. The van der Waals surface area contributed by atoms with Crippen LogP contribution >= 0.6 is 0 Å². The monoisotopic (exact) mass is 333 g/mol. The van der Waals surface area contributed by atoms with Crippen LogP contribution in [-0.2, 0) is 5.41 Å². The second-order valence-corrected chi connectivity index (χ2v) is 6.81. The van der Waals surface area contributed by atoms with E-state index in [2.05, 4.69) is 42.6 Å². The molecule has 24 heavy (non-hydrogen) atoms. The topological polar surface area (TPSA) is 25.0 Å². The van der Waals surface area contributed by atoms with Crippen LogP contribution in [0.3, 0.4) is 0 Å². The van der Waals surface area contributed by atoms with Crippen molar-refractivity contribution in [1.82, 2.24) is 4.98 Å². The molecule has 2 nitrogen and oxygen atoms in total. The van der Waals surface area contributed by atoms with Crippen LogP contribution in [0.4, 0.5) is 13.2 Å². The number of aromatic nitrogens is 1. The molecule has 2 aromatic carbocycles. The fourth-order valence-corrected chi connectivity index (χ4v) is 2.59. The van der Waals surface area contributed by atoms with E-state index in [1.807, 2.05) is 12.1 Å². The Bertz CT molecular complexity index is 855. The predicted octanol–water partition coefficient (Wildman–Crippen LogP) is 6.03. The molecule has 126 valence electrons. The summed E-state index contributed by atoms with van der Waals surface area (Å²) in [6, 6.07) is 14.1. The molecule has 1 N–H and O–H groups in total. The van der Waals surface area contributed by atoms with E-state index >= 15 is 0 Å². The third-order valence-corrected chi connectivity index (χ3v) is 3.89. The van der Waals surface area contributed by atoms with E-state index in [4.69, 9.17) is 0 Å². The summed E-state index contributed by atoms with van der Waals surface area (Å²) in [6.07, 6.45) is -4.67. The molecule has 5 heteroatoms. The van der Waals surface area contributed by atoms with E-state index < -0.39 is 6.36 Å². The number of hydrogen-bond acceptors (Lipinski definition) is 1. The van der Waals surface area contributed by atoms with Gasteiger partial charge in [-0.15, -0.1) is 13.2 Å². The summed E-state index contributed by atoms with van der Waals surface area (Å²) in [4.78, 5) is 3.30. The lowest BCUT2D eigenvalue weighted by atomic mass is 9.86. The van der Waals surface area contributed by atoms with Gasteiger partial charge in [0.1, 0.15) is 5.75 Å². The van der Waals surface area contributed by atoms with Crippen LogP contribution in [0.5, 0.6) is 5.75 Å². The zero-order valence-corrected chi connectivity index (χ0v) is 13.7. The molecule has 0 spiro atoms. The molecule has 0 aliphatic heterocycles. The molecular formula is C19H18F3NO. The molecule has 0 bridgehead atoms. The van der Waals surface area contributed by atoms with Crippen molar-refractivity contribution < 1.29 is 17.9 Å². The lowest BCUT2D eigenvalue weighted by Crippen LogP contribution is -2.16. The lowest BCUT2D eigenvalue weighted by Gasteiger charge is -2.18. The van der Waals surface area contributed by atoms with Gasteiger partial charge in [-0.1, -0.05) is 26.8 Å². The summed E-state index contributed by atoms with van der Waals surface area (Å²) in [7, 11) is 0. The van der Waals surface area contributed by atoms with E-state index in [0.29, 0.717) is 0 Å². The predicted molar refractivity (Wildman–Crippen MR) is 89.1 cm³/mol. The molecule has 1 heterocycles. The lowest BCUT2D eigenvalue weighted by molar-refractivity contribution is -0.274. The average Bonchev–Trinajstić information content (AvgIpc) is 2.88. The molecule has 0 amide bonds. The van der Waals surface area contributed by atoms with Gasteiger partial charge in [0.25, 0.3) is 0 Å². The van der Waals surface area contributed by atoms with Crippen molar-refractivity contribution in [3.63, 3.8) is 0 Å². The number of hydrogen-bond donors (Lipinski definition) is 1. The highest BCUT2D eigenvalue weighted by Gasteiger charge is 2.31. The smallest absolute Gasteiger partial charge is 0.406 e. The molecule has 3 aromatic rings. The van der Waals surface area contributed by atoms with Crippen molar-refractivity contribution in [3.05, 3.63) is 54.1 Å². The third kappa shape index (κ3) is 3.55. The number of nitrogens with one attached hydrogen (secondary N) is 1. The first-order valence-corrected chi connectivity index (χ1v) is 7.61. The summed E-state index contributed by atoms with van der Waals surface area (Å²) >= 11 is 0. The van der Waals surface area contributed by atoms with Crippen LogP contribution in [0.25, 0.3) is 22.2 Å². The number of ether oxygens (including phenoxy) is 1. The second kappa shape index (κ2) is 5.58. The number of aromatic amines is 1. The van der Waals surface area contributed by atoms with Gasteiger partial charge < -0.3 is 9.72 Å². The first-order valence-electron chi connectivity index (χ1n) is 7.61. The fourth-order valence-electron chi connectivity index (χ4n) is 2.59. The van der Waals surface area contributed by atoms with Crippen molar-refractivity contribution in [1.29, 1.82) is 0 Å². The molecule has 3 rings (SSSR count). The van der Waals surface area contributed by atoms with Crippen LogP contribution in [0.2, 0.25) is 0 Å². The number of alkyl halides is 3. The van der Waals surface area contributed by atoms with Gasteiger partial charge in [-0.25, -0.2) is 0 Å². The number of fused-ring (bicyclic) bond motifs is 1. The van der Waals surface area contributed by atoms with Gasteiger partial charge in [-0.05, 0) is 59.0 Å². The third-order valence-electron chi connectivity index (χ3n) is 3.89. The molecule has 0 radical (unpaired) electrons. The van der Waals surface area contributed by atoms with Gasteiger partial charge in [-0.3, -0.25) is 0 Å². The van der Waals surface area contributed by atoms with Crippen LogP contribution in [0, 0.1) is 0 Å². The Labute approximate surface area is 138 Å².